The van der Waals surface area contributed by atoms with E-state index >= 15 is 0 Å². The standard InChI is InChI=1S/C9H12N2O3S/c1-6-5-15-9(10-6)11-7(12)3-4-8(13)14-2/h5H,3-4H2,1-2H3,(H,10,11,12). The number of carbonyl (C=O) groups is 2. The van der Waals surface area contributed by atoms with E-state index in [0.29, 0.717) is 5.13 Å². The van der Waals surface area contributed by atoms with Gasteiger partial charge in [-0.2, -0.15) is 0 Å². The largest absolute Gasteiger partial charge is 0.469 e. The van der Waals surface area contributed by atoms with Crippen LogP contribution in [0.15, 0.2) is 5.38 Å². The molecule has 0 aromatic carbocycles. The van der Waals surface area contributed by atoms with Gasteiger partial charge in [0.15, 0.2) is 5.13 Å². The predicted molar refractivity (Wildman–Crippen MR) is 56.7 cm³/mol. The number of thiazole rings is 1. The van der Waals surface area contributed by atoms with E-state index in [2.05, 4.69) is 15.0 Å². The highest BCUT2D eigenvalue weighted by atomic mass is 32.1. The monoisotopic (exact) mass is 228 g/mol. The number of hydrogen-bond acceptors (Lipinski definition) is 5. The van der Waals surface area contributed by atoms with Crippen molar-refractivity contribution in [2.75, 3.05) is 12.4 Å². The summed E-state index contributed by atoms with van der Waals surface area (Å²) in [4.78, 5) is 26.1. The van der Waals surface area contributed by atoms with Crippen LogP contribution < -0.4 is 5.32 Å². The van der Waals surface area contributed by atoms with E-state index < -0.39 is 0 Å². The Morgan fingerprint density at radius 2 is 2.27 bits per heavy atom. The zero-order chi connectivity index (χ0) is 11.3. The quantitative estimate of drug-likeness (QED) is 0.790. The molecule has 0 aliphatic rings. The summed E-state index contributed by atoms with van der Waals surface area (Å²) in [6.45, 7) is 1.85. The lowest BCUT2D eigenvalue weighted by Gasteiger charge is -2.00. The van der Waals surface area contributed by atoms with Crippen molar-refractivity contribution in [3.05, 3.63) is 11.1 Å². The average Bonchev–Trinajstić information content (AvgIpc) is 2.60. The fourth-order valence-corrected chi connectivity index (χ4v) is 1.62. The lowest BCUT2D eigenvalue weighted by Crippen LogP contribution is -2.13. The summed E-state index contributed by atoms with van der Waals surface area (Å²) in [6, 6.07) is 0. The molecule has 15 heavy (non-hydrogen) atoms. The number of nitrogens with one attached hydrogen (secondary N) is 1. The zero-order valence-corrected chi connectivity index (χ0v) is 9.39. The van der Waals surface area contributed by atoms with Gasteiger partial charge in [-0.1, -0.05) is 0 Å². The Hall–Kier alpha value is -1.43. The molecule has 1 aromatic heterocycles. The second kappa shape index (κ2) is 5.45. The molecule has 1 heterocycles. The normalized spacial score (nSPS) is 9.73. The van der Waals surface area contributed by atoms with Gasteiger partial charge in [0.1, 0.15) is 0 Å². The highest BCUT2D eigenvalue weighted by molar-refractivity contribution is 7.13. The average molecular weight is 228 g/mol. The maximum absolute atomic E-state index is 11.3. The van der Waals surface area contributed by atoms with Crippen molar-refractivity contribution in [1.29, 1.82) is 0 Å². The van der Waals surface area contributed by atoms with E-state index in [1.165, 1.54) is 18.4 Å². The van der Waals surface area contributed by atoms with Crippen LogP contribution in [0.4, 0.5) is 5.13 Å². The summed E-state index contributed by atoms with van der Waals surface area (Å²) in [5.41, 5.74) is 0.864. The number of aromatic nitrogens is 1. The summed E-state index contributed by atoms with van der Waals surface area (Å²) in [6.07, 6.45) is 0.206. The number of aryl methyl sites for hydroxylation is 1. The Kier molecular flexibility index (Phi) is 4.23. The van der Waals surface area contributed by atoms with Crippen molar-refractivity contribution in [3.63, 3.8) is 0 Å². The Bertz CT molecular complexity index is 362. The molecule has 82 valence electrons. The van der Waals surface area contributed by atoms with E-state index in [9.17, 15) is 9.59 Å². The van der Waals surface area contributed by atoms with Gasteiger partial charge in [0, 0.05) is 11.8 Å². The molecule has 0 spiro atoms. The Morgan fingerprint density at radius 1 is 1.53 bits per heavy atom. The van der Waals surface area contributed by atoms with Gasteiger partial charge in [-0.05, 0) is 6.92 Å². The molecule has 0 radical (unpaired) electrons. The van der Waals surface area contributed by atoms with Gasteiger partial charge in [-0.3, -0.25) is 9.59 Å². The van der Waals surface area contributed by atoms with Gasteiger partial charge in [0.25, 0.3) is 0 Å². The van der Waals surface area contributed by atoms with Crippen molar-refractivity contribution in [2.45, 2.75) is 19.8 Å². The number of hydrogen-bond donors (Lipinski definition) is 1. The van der Waals surface area contributed by atoms with Crippen LogP contribution >= 0.6 is 11.3 Å². The molecule has 0 aliphatic carbocycles. The van der Waals surface area contributed by atoms with Gasteiger partial charge in [0.2, 0.25) is 5.91 Å². The number of methoxy groups -OCH3 is 1. The molecule has 0 fully saturated rings. The molecule has 0 atom stereocenters. The third kappa shape index (κ3) is 4.07. The first kappa shape index (κ1) is 11.6. The van der Waals surface area contributed by atoms with Crippen LogP contribution in [0.2, 0.25) is 0 Å². The minimum Gasteiger partial charge on any atom is -0.469 e. The smallest absolute Gasteiger partial charge is 0.306 e. The number of ether oxygens (including phenoxy) is 1. The van der Waals surface area contributed by atoms with Crippen molar-refractivity contribution in [1.82, 2.24) is 4.98 Å². The number of esters is 1. The molecule has 5 nitrogen and oxygen atoms in total. The van der Waals surface area contributed by atoms with Crippen molar-refractivity contribution >= 4 is 28.3 Å². The van der Waals surface area contributed by atoms with E-state index in [1.807, 2.05) is 12.3 Å². The minimum atomic E-state index is -0.388. The van der Waals surface area contributed by atoms with E-state index in [0.717, 1.165) is 5.69 Å². The lowest BCUT2D eigenvalue weighted by atomic mass is 10.3. The summed E-state index contributed by atoms with van der Waals surface area (Å²) in [5, 5.41) is 5.00. The SMILES string of the molecule is COC(=O)CCC(=O)Nc1nc(C)cs1. The van der Waals surface area contributed by atoms with Crippen LogP contribution in [0.3, 0.4) is 0 Å². The minimum absolute atomic E-state index is 0.0900. The molecule has 0 bridgehead atoms. The van der Waals surface area contributed by atoms with Crippen molar-refractivity contribution < 1.29 is 14.3 Å². The lowest BCUT2D eigenvalue weighted by molar-refractivity contribution is -0.141. The molecule has 0 unspecified atom stereocenters. The number of anilines is 1. The molecule has 1 N–H and O–H groups in total. The highest BCUT2D eigenvalue weighted by Gasteiger charge is 2.08. The van der Waals surface area contributed by atoms with Crippen LogP contribution in [-0.4, -0.2) is 24.0 Å². The van der Waals surface area contributed by atoms with E-state index in [4.69, 9.17) is 0 Å². The first-order valence-corrected chi connectivity index (χ1v) is 5.28. The fourth-order valence-electron chi connectivity index (χ4n) is 0.911. The van der Waals surface area contributed by atoms with Gasteiger partial charge in [0.05, 0.1) is 19.2 Å². The highest BCUT2D eigenvalue weighted by Crippen LogP contribution is 2.14. The van der Waals surface area contributed by atoms with E-state index in [1.54, 1.807) is 0 Å². The summed E-state index contributed by atoms with van der Waals surface area (Å²) < 4.78 is 4.42. The third-order valence-electron chi connectivity index (χ3n) is 1.65. The van der Waals surface area contributed by atoms with Crippen LogP contribution in [0, 0.1) is 6.92 Å². The van der Waals surface area contributed by atoms with Crippen molar-refractivity contribution in [3.8, 4) is 0 Å². The number of carbonyl (C=O) groups excluding carboxylic acids is 2. The molecule has 0 saturated heterocycles. The second-order valence-corrected chi connectivity index (χ2v) is 3.78. The van der Waals surface area contributed by atoms with E-state index in [-0.39, 0.29) is 24.7 Å². The molecule has 0 aliphatic heterocycles. The van der Waals surface area contributed by atoms with Gasteiger partial charge < -0.3 is 10.1 Å². The molecule has 0 saturated carbocycles. The Balaban J connectivity index is 2.33. The molecule has 6 heteroatoms. The van der Waals surface area contributed by atoms with Crippen LogP contribution in [-0.2, 0) is 14.3 Å². The Labute approximate surface area is 91.5 Å². The molecule has 1 amide bonds. The molecular weight excluding hydrogens is 216 g/mol. The topological polar surface area (TPSA) is 68.3 Å². The van der Waals surface area contributed by atoms with Gasteiger partial charge in [-0.25, -0.2) is 4.98 Å². The number of amides is 1. The first-order chi connectivity index (χ1) is 7.11. The van der Waals surface area contributed by atoms with Gasteiger partial charge >= 0.3 is 5.97 Å². The summed E-state index contributed by atoms with van der Waals surface area (Å²) in [7, 11) is 1.30. The van der Waals surface area contributed by atoms with Crippen LogP contribution in [0.5, 0.6) is 0 Å². The van der Waals surface area contributed by atoms with Crippen LogP contribution in [0.1, 0.15) is 18.5 Å². The molecular formula is C9H12N2O3S. The summed E-state index contributed by atoms with van der Waals surface area (Å²) >= 11 is 1.36. The first-order valence-electron chi connectivity index (χ1n) is 4.40. The predicted octanol–water partition coefficient (Wildman–Crippen LogP) is 1.34. The molecule has 1 aromatic rings. The second-order valence-electron chi connectivity index (χ2n) is 2.92. The Morgan fingerprint density at radius 3 is 2.80 bits per heavy atom. The van der Waals surface area contributed by atoms with Gasteiger partial charge in [-0.15, -0.1) is 11.3 Å². The number of nitrogens with zero attached hydrogens (tertiary/aromatic N) is 1. The fraction of sp³-hybridized carbons (Fsp3) is 0.444. The maximum atomic E-state index is 11.3. The molecule has 1 rings (SSSR count). The van der Waals surface area contributed by atoms with Crippen LogP contribution in [0.25, 0.3) is 0 Å². The van der Waals surface area contributed by atoms with Crippen molar-refractivity contribution in [2.24, 2.45) is 0 Å². The zero-order valence-electron chi connectivity index (χ0n) is 8.57. The number of rotatable bonds is 4. The summed E-state index contributed by atoms with van der Waals surface area (Å²) in [5.74, 6) is -0.616. The third-order valence-corrected chi connectivity index (χ3v) is 2.52. The maximum Gasteiger partial charge on any atom is 0.306 e.